The lowest BCUT2D eigenvalue weighted by Crippen LogP contribution is -2.11. The number of rotatable bonds is 2. The highest BCUT2D eigenvalue weighted by Crippen LogP contribution is 2.35. The molecule has 1 saturated carbocycles. The van der Waals surface area contributed by atoms with Crippen molar-refractivity contribution in [1.29, 1.82) is 0 Å². The SMILES string of the molecule is Cn1c(C2CCCC2)nc(CC(C)(C)C)c1N. The van der Waals surface area contributed by atoms with E-state index in [4.69, 9.17) is 10.7 Å². The minimum atomic E-state index is 0.245. The third-order valence-corrected chi connectivity index (χ3v) is 3.67. The van der Waals surface area contributed by atoms with Crippen molar-refractivity contribution in [3.05, 3.63) is 11.5 Å². The van der Waals surface area contributed by atoms with E-state index < -0.39 is 0 Å². The van der Waals surface area contributed by atoms with E-state index in [2.05, 4.69) is 32.4 Å². The molecule has 2 rings (SSSR count). The van der Waals surface area contributed by atoms with Crippen LogP contribution in [0.5, 0.6) is 0 Å². The van der Waals surface area contributed by atoms with E-state index in [1.165, 1.54) is 31.5 Å². The second-order valence-corrected chi connectivity index (χ2v) is 6.58. The molecule has 17 heavy (non-hydrogen) atoms. The lowest BCUT2D eigenvalue weighted by atomic mass is 9.90. The van der Waals surface area contributed by atoms with E-state index in [0.717, 1.165) is 17.9 Å². The van der Waals surface area contributed by atoms with Gasteiger partial charge in [-0.15, -0.1) is 0 Å². The number of imidazole rings is 1. The van der Waals surface area contributed by atoms with Gasteiger partial charge in [0.05, 0.1) is 5.69 Å². The van der Waals surface area contributed by atoms with Gasteiger partial charge in [0.2, 0.25) is 0 Å². The van der Waals surface area contributed by atoms with Crippen LogP contribution in [0.1, 0.15) is 63.9 Å². The Bertz CT molecular complexity index is 392. The number of hydrogen-bond acceptors (Lipinski definition) is 2. The first kappa shape index (κ1) is 12.5. The minimum Gasteiger partial charge on any atom is -0.384 e. The summed E-state index contributed by atoms with van der Waals surface area (Å²) < 4.78 is 2.11. The highest BCUT2D eigenvalue weighted by atomic mass is 15.1. The van der Waals surface area contributed by atoms with Crippen LogP contribution in [-0.4, -0.2) is 9.55 Å². The standard InChI is InChI=1S/C14H25N3/c1-14(2,3)9-11-12(15)17(4)13(16-11)10-7-5-6-8-10/h10H,5-9,15H2,1-4H3. The van der Waals surface area contributed by atoms with E-state index >= 15 is 0 Å². The Morgan fingerprint density at radius 2 is 1.88 bits per heavy atom. The van der Waals surface area contributed by atoms with Crippen molar-refractivity contribution in [2.75, 3.05) is 5.73 Å². The second kappa shape index (κ2) is 4.35. The third kappa shape index (κ3) is 2.64. The number of anilines is 1. The maximum absolute atomic E-state index is 6.18. The summed E-state index contributed by atoms with van der Waals surface area (Å²) in [7, 11) is 2.06. The van der Waals surface area contributed by atoms with E-state index in [1.807, 2.05) is 0 Å². The van der Waals surface area contributed by atoms with Gasteiger partial charge in [-0.2, -0.15) is 0 Å². The number of nitrogens with zero attached hydrogens (tertiary/aromatic N) is 2. The van der Waals surface area contributed by atoms with Crippen molar-refractivity contribution >= 4 is 5.82 Å². The van der Waals surface area contributed by atoms with E-state index in [9.17, 15) is 0 Å². The molecule has 0 bridgehead atoms. The van der Waals surface area contributed by atoms with Crippen LogP contribution in [0.3, 0.4) is 0 Å². The molecule has 0 unspecified atom stereocenters. The predicted octanol–water partition coefficient (Wildman–Crippen LogP) is 3.25. The van der Waals surface area contributed by atoms with Crippen LogP contribution in [0.2, 0.25) is 0 Å². The molecule has 2 N–H and O–H groups in total. The summed E-state index contributed by atoms with van der Waals surface area (Å²) in [4.78, 5) is 4.81. The lowest BCUT2D eigenvalue weighted by molar-refractivity contribution is 0.407. The summed E-state index contributed by atoms with van der Waals surface area (Å²) >= 11 is 0. The largest absolute Gasteiger partial charge is 0.384 e. The molecule has 0 radical (unpaired) electrons. The Hall–Kier alpha value is -0.990. The van der Waals surface area contributed by atoms with E-state index in [1.54, 1.807) is 0 Å². The third-order valence-electron chi connectivity index (χ3n) is 3.67. The molecular weight excluding hydrogens is 210 g/mol. The molecule has 3 heteroatoms. The number of nitrogens with two attached hydrogens (primary N) is 1. The Balaban J connectivity index is 2.27. The van der Waals surface area contributed by atoms with Crippen molar-refractivity contribution in [3.63, 3.8) is 0 Å². The number of aromatic nitrogens is 2. The van der Waals surface area contributed by atoms with Crippen molar-refractivity contribution in [2.24, 2.45) is 12.5 Å². The highest BCUT2D eigenvalue weighted by molar-refractivity contribution is 5.39. The van der Waals surface area contributed by atoms with Gasteiger partial charge in [-0.1, -0.05) is 33.6 Å². The fraction of sp³-hybridized carbons (Fsp3) is 0.786. The molecule has 1 aromatic heterocycles. The van der Waals surface area contributed by atoms with Gasteiger partial charge in [0, 0.05) is 13.0 Å². The molecule has 96 valence electrons. The molecule has 1 fully saturated rings. The Morgan fingerprint density at radius 3 is 2.41 bits per heavy atom. The zero-order valence-electron chi connectivity index (χ0n) is 11.6. The number of hydrogen-bond donors (Lipinski definition) is 1. The van der Waals surface area contributed by atoms with E-state index in [0.29, 0.717) is 5.92 Å². The maximum Gasteiger partial charge on any atom is 0.126 e. The average Bonchev–Trinajstić information content (AvgIpc) is 2.80. The first-order valence-electron chi connectivity index (χ1n) is 6.69. The van der Waals surface area contributed by atoms with Gasteiger partial charge in [-0.3, -0.25) is 0 Å². The Kier molecular flexibility index (Phi) is 3.19. The van der Waals surface area contributed by atoms with Gasteiger partial charge in [0.1, 0.15) is 11.6 Å². The summed E-state index contributed by atoms with van der Waals surface area (Å²) in [5.74, 6) is 2.71. The summed E-state index contributed by atoms with van der Waals surface area (Å²) in [6.45, 7) is 6.70. The molecule has 0 amide bonds. The van der Waals surface area contributed by atoms with E-state index in [-0.39, 0.29) is 5.41 Å². The maximum atomic E-state index is 6.18. The Morgan fingerprint density at radius 1 is 1.29 bits per heavy atom. The van der Waals surface area contributed by atoms with Gasteiger partial charge < -0.3 is 10.3 Å². The van der Waals surface area contributed by atoms with Crippen LogP contribution in [0.15, 0.2) is 0 Å². The first-order valence-corrected chi connectivity index (χ1v) is 6.69. The van der Waals surface area contributed by atoms with Gasteiger partial charge in [-0.05, 0) is 24.7 Å². The average molecular weight is 235 g/mol. The van der Waals surface area contributed by atoms with Gasteiger partial charge in [0.15, 0.2) is 0 Å². The molecule has 0 aromatic carbocycles. The van der Waals surface area contributed by atoms with Crippen LogP contribution in [0, 0.1) is 5.41 Å². The minimum absolute atomic E-state index is 0.245. The zero-order valence-corrected chi connectivity index (χ0v) is 11.6. The molecule has 0 atom stereocenters. The second-order valence-electron chi connectivity index (χ2n) is 6.58. The highest BCUT2D eigenvalue weighted by Gasteiger charge is 2.25. The molecule has 3 nitrogen and oxygen atoms in total. The topological polar surface area (TPSA) is 43.8 Å². The summed E-state index contributed by atoms with van der Waals surface area (Å²) in [6, 6.07) is 0. The normalized spacial score (nSPS) is 17.9. The smallest absolute Gasteiger partial charge is 0.126 e. The fourth-order valence-electron chi connectivity index (χ4n) is 2.77. The van der Waals surface area contributed by atoms with Crippen LogP contribution in [0.4, 0.5) is 5.82 Å². The van der Waals surface area contributed by atoms with Crippen LogP contribution < -0.4 is 5.73 Å². The van der Waals surface area contributed by atoms with Crippen LogP contribution in [0.25, 0.3) is 0 Å². The van der Waals surface area contributed by atoms with Crippen molar-refractivity contribution in [3.8, 4) is 0 Å². The summed E-state index contributed by atoms with van der Waals surface area (Å²) in [6.07, 6.45) is 6.19. The predicted molar refractivity (Wildman–Crippen MR) is 72.0 cm³/mol. The van der Waals surface area contributed by atoms with Crippen LogP contribution in [-0.2, 0) is 13.5 Å². The van der Waals surface area contributed by atoms with Crippen molar-refractivity contribution in [1.82, 2.24) is 9.55 Å². The molecule has 1 heterocycles. The molecule has 0 aliphatic heterocycles. The molecule has 0 saturated heterocycles. The monoisotopic (exact) mass is 235 g/mol. The van der Waals surface area contributed by atoms with Gasteiger partial charge >= 0.3 is 0 Å². The molecular formula is C14H25N3. The van der Waals surface area contributed by atoms with Crippen LogP contribution >= 0.6 is 0 Å². The quantitative estimate of drug-likeness (QED) is 0.855. The molecule has 1 aromatic rings. The van der Waals surface area contributed by atoms with Gasteiger partial charge in [-0.25, -0.2) is 4.98 Å². The Labute approximate surface area is 104 Å². The molecule has 1 aliphatic carbocycles. The lowest BCUT2D eigenvalue weighted by Gasteiger charge is -2.16. The molecule has 1 aliphatic rings. The van der Waals surface area contributed by atoms with Crippen molar-refractivity contribution in [2.45, 2.75) is 58.8 Å². The zero-order chi connectivity index (χ0) is 12.6. The number of nitrogen functional groups attached to an aromatic ring is 1. The first-order chi connectivity index (χ1) is 7.88. The summed E-state index contributed by atoms with van der Waals surface area (Å²) in [5, 5.41) is 0. The molecule has 0 spiro atoms. The van der Waals surface area contributed by atoms with Gasteiger partial charge in [0.25, 0.3) is 0 Å². The fourth-order valence-corrected chi connectivity index (χ4v) is 2.77. The van der Waals surface area contributed by atoms with Crippen molar-refractivity contribution < 1.29 is 0 Å². The summed E-state index contributed by atoms with van der Waals surface area (Å²) in [5.41, 5.74) is 7.51.